The number of rotatable bonds is 5. The van der Waals surface area contributed by atoms with Crippen LogP contribution >= 0.6 is 0 Å². The highest BCUT2D eigenvalue weighted by atomic mass is 16.5. The number of hydrogen-bond donors (Lipinski definition) is 1. The molecule has 0 bridgehead atoms. The van der Waals surface area contributed by atoms with E-state index in [0.29, 0.717) is 28.7 Å². The van der Waals surface area contributed by atoms with E-state index in [-0.39, 0.29) is 29.1 Å². The number of nitrogens with one attached hydrogen (secondary N) is 1. The van der Waals surface area contributed by atoms with Crippen molar-refractivity contribution >= 4 is 17.5 Å². The molecule has 0 spiro atoms. The van der Waals surface area contributed by atoms with E-state index >= 15 is 0 Å². The van der Waals surface area contributed by atoms with Gasteiger partial charge in [0.2, 0.25) is 0 Å². The summed E-state index contributed by atoms with van der Waals surface area (Å²) in [5.41, 5.74) is 2.82. The van der Waals surface area contributed by atoms with Crippen LogP contribution in [0.3, 0.4) is 0 Å². The lowest BCUT2D eigenvalue weighted by molar-refractivity contribution is 0.0938. The molecule has 1 N–H and O–H groups in total. The van der Waals surface area contributed by atoms with Gasteiger partial charge in [0.15, 0.2) is 11.6 Å². The minimum Gasteiger partial charge on any atom is -0.497 e. The molecule has 30 heavy (non-hydrogen) atoms. The number of fused-ring (bicyclic) bond motifs is 2. The van der Waals surface area contributed by atoms with E-state index in [9.17, 15) is 14.4 Å². The molecule has 5 nitrogen and oxygen atoms in total. The summed E-state index contributed by atoms with van der Waals surface area (Å²) in [5, 5.41) is 2.96. The number of ketones is 2. The van der Waals surface area contributed by atoms with Crippen molar-refractivity contribution in [2.24, 2.45) is 0 Å². The van der Waals surface area contributed by atoms with Crippen molar-refractivity contribution in [3.63, 3.8) is 0 Å². The van der Waals surface area contributed by atoms with Crippen molar-refractivity contribution in [1.29, 1.82) is 0 Å². The van der Waals surface area contributed by atoms with E-state index in [1.54, 1.807) is 43.5 Å². The second kappa shape index (κ2) is 7.95. The maximum atomic E-state index is 12.8. The fraction of sp³-hybridized carbons (Fsp3) is 0.160. The van der Waals surface area contributed by atoms with Gasteiger partial charge in [-0.15, -0.1) is 0 Å². The van der Waals surface area contributed by atoms with Crippen molar-refractivity contribution in [2.45, 2.75) is 19.4 Å². The first-order chi connectivity index (χ1) is 14.5. The molecular weight excluding hydrogens is 378 g/mol. The molecule has 0 radical (unpaired) electrons. The smallest absolute Gasteiger partial charge is 0.251 e. The summed E-state index contributed by atoms with van der Waals surface area (Å²) in [5.74, 6) is 0.0735. The summed E-state index contributed by atoms with van der Waals surface area (Å²) in [4.78, 5) is 38.3. The average molecular weight is 399 g/mol. The topological polar surface area (TPSA) is 72.5 Å². The van der Waals surface area contributed by atoms with Gasteiger partial charge in [-0.2, -0.15) is 0 Å². The van der Waals surface area contributed by atoms with Gasteiger partial charge in [-0.3, -0.25) is 14.4 Å². The molecule has 0 fully saturated rings. The lowest BCUT2D eigenvalue weighted by Gasteiger charge is -2.19. The third kappa shape index (κ3) is 3.62. The van der Waals surface area contributed by atoms with Gasteiger partial charge >= 0.3 is 0 Å². The summed E-state index contributed by atoms with van der Waals surface area (Å²) in [6, 6.07) is 19.0. The Hall–Kier alpha value is -3.73. The molecule has 3 aromatic rings. The molecule has 0 saturated carbocycles. The van der Waals surface area contributed by atoms with Gasteiger partial charge in [-0.05, 0) is 49.2 Å². The number of hydrogen-bond acceptors (Lipinski definition) is 4. The molecule has 5 heteroatoms. The van der Waals surface area contributed by atoms with Gasteiger partial charge in [0.25, 0.3) is 5.91 Å². The van der Waals surface area contributed by atoms with E-state index in [0.717, 1.165) is 11.3 Å². The van der Waals surface area contributed by atoms with Crippen molar-refractivity contribution in [3.05, 3.63) is 100 Å². The molecule has 0 unspecified atom stereocenters. The highest BCUT2D eigenvalue weighted by Crippen LogP contribution is 2.28. The van der Waals surface area contributed by atoms with Gasteiger partial charge in [-0.1, -0.05) is 36.4 Å². The number of benzene rings is 3. The maximum Gasteiger partial charge on any atom is 0.251 e. The van der Waals surface area contributed by atoms with E-state index in [4.69, 9.17) is 4.74 Å². The quantitative estimate of drug-likeness (QED) is 0.554. The van der Waals surface area contributed by atoms with Crippen LogP contribution in [0.4, 0.5) is 0 Å². The van der Waals surface area contributed by atoms with Crippen LogP contribution in [0.15, 0.2) is 66.7 Å². The third-order valence-corrected chi connectivity index (χ3v) is 5.27. The number of amides is 1. The molecule has 1 aliphatic carbocycles. The van der Waals surface area contributed by atoms with Gasteiger partial charge in [0.05, 0.1) is 7.11 Å². The van der Waals surface area contributed by atoms with Crippen molar-refractivity contribution in [3.8, 4) is 5.75 Å². The Morgan fingerprint density at radius 2 is 1.47 bits per heavy atom. The van der Waals surface area contributed by atoms with Crippen molar-refractivity contribution < 1.29 is 19.1 Å². The fourth-order valence-corrected chi connectivity index (χ4v) is 3.71. The predicted molar refractivity (Wildman–Crippen MR) is 113 cm³/mol. The highest BCUT2D eigenvalue weighted by Gasteiger charge is 2.30. The minimum absolute atomic E-state index is 0.111. The van der Waals surface area contributed by atoms with Crippen LogP contribution in [0.2, 0.25) is 0 Å². The van der Waals surface area contributed by atoms with Crippen LogP contribution in [0.1, 0.15) is 54.7 Å². The van der Waals surface area contributed by atoms with Crippen LogP contribution in [-0.2, 0) is 6.42 Å². The van der Waals surface area contributed by atoms with Gasteiger partial charge in [0.1, 0.15) is 5.75 Å². The van der Waals surface area contributed by atoms with Crippen LogP contribution < -0.4 is 10.1 Å². The van der Waals surface area contributed by atoms with E-state index in [2.05, 4.69) is 5.32 Å². The Morgan fingerprint density at radius 3 is 2.10 bits per heavy atom. The Kier molecular flexibility index (Phi) is 5.19. The Labute approximate surface area is 174 Å². The first-order valence-corrected chi connectivity index (χ1v) is 9.74. The Balaban J connectivity index is 1.51. The maximum absolute atomic E-state index is 12.8. The van der Waals surface area contributed by atoms with Crippen molar-refractivity contribution in [1.82, 2.24) is 5.32 Å². The lowest BCUT2D eigenvalue weighted by Crippen LogP contribution is -2.34. The molecule has 0 aromatic heterocycles. The zero-order valence-electron chi connectivity index (χ0n) is 16.8. The Morgan fingerprint density at radius 1 is 0.867 bits per heavy atom. The molecule has 0 aliphatic heterocycles. The van der Waals surface area contributed by atoms with E-state index in [1.165, 1.54) is 6.07 Å². The summed E-state index contributed by atoms with van der Waals surface area (Å²) in [6.45, 7) is 1.92. The molecule has 1 atom stereocenters. The molecule has 0 heterocycles. The first kappa shape index (κ1) is 19.6. The fourth-order valence-electron chi connectivity index (χ4n) is 3.71. The van der Waals surface area contributed by atoms with Crippen LogP contribution in [0.25, 0.3) is 0 Å². The number of ether oxygens (including phenoxy) is 1. The molecule has 3 aromatic carbocycles. The van der Waals surface area contributed by atoms with Gasteiger partial charge in [0, 0.05) is 33.9 Å². The van der Waals surface area contributed by atoms with E-state index < -0.39 is 0 Å². The molecule has 0 saturated heterocycles. The number of carbonyl (C=O) groups is 3. The first-order valence-electron chi connectivity index (χ1n) is 9.74. The zero-order chi connectivity index (χ0) is 21.3. The highest BCUT2D eigenvalue weighted by molar-refractivity contribution is 6.28. The molecular formula is C25H21NO4. The normalized spacial score (nSPS) is 13.3. The molecule has 4 rings (SSSR count). The molecule has 1 aliphatic rings. The molecule has 1 amide bonds. The Bertz CT molecular complexity index is 1150. The number of methoxy groups -OCH3 is 1. The summed E-state index contributed by atoms with van der Waals surface area (Å²) >= 11 is 0. The summed E-state index contributed by atoms with van der Waals surface area (Å²) in [6.07, 6.45) is 0.658. The molecule has 150 valence electrons. The summed E-state index contributed by atoms with van der Waals surface area (Å²) in [7, 11) is 1.62. The zero-order valence-corrected chi connectivity index (χ0v) is 16.8. The standard InChI is InChI=1S/C25H21NO4/c1-15(13-16-7-10-18(30-2)11-8-16)26-25(29)17-9-12-21-22(14-17)24(28)20-6-4-3-5-19(20)23(21)27/h3-12,14-15H,13H2,1-2H3,(H,26,29)/t15-/m1/s1. The van der Waals surface area contributed by atoms with Crippen LogP contribution in [-0.4, -0.2) is 30.6 Å². The largest absolute Gasteiger partial charge is 0.497 e. The second-order valence-corrected chi connectivity index (χ2v) is 7.39. The second-order valence-electron chi connectivity index (χ2n) is 7.39. The van der Waals surface area contributed by atoms with Crippen molar-refractivity contribution in [2.75, 3.05) is 7.11 Å². The average Bonchev–Trinajstić information content (AvgIpc) is 2.77. The monoisotopic (exact) mass is 399 g/mol. The van der Waals surface area contributed by atoms with Crippen LogP contribution in [0, 0.1) is 0 Å². The van der Waals surface area contributed by atoms with Crippen LogP contribution in [0.5, 0.6) is 5.75 Å². The third-order valence-electron chi connectivity index (χ3n) is 5.27. The predicted octanol–water partition coefficient (Wildman–Crippen LogP) is 3.83. The SMILES string of the molecule is COc1ccc(C[C@@H](C)NC(=O)c2ccc3c(c2)C(=O)c2ccccc2C3=O)cc1. The van der Waals surface area contributed by atoms with Gasteiger partial charge < -0.3 is 10.1 Å². The lowest BCUT2D eigenvalue weighted by atomic mass is 9.83. The van der Waals surface area contributed by atoms with E-state index in [1.807, 2.05) is 31.2 Å². The minimum atomic E-state index is -0.280. The number of carbonyl (C=O) groups excluding carboxylic acids is 3. The van der Waals surface area contributed by atoms with Gasteiger partial charge in [-0.25, -0.2) is 0 Å². The summed E-state index contributed by atoms with van der Waals surface area (Å²) < 4.78 is 5.16.